The van der Waals surface area contributed by atoms with Gasteiger partial charge in [0.15, 0.2) is 5.69 Å². The SMILES string of the molecule is CN1C(=O)c2cc(C(=O)NCc3cccc(Br)c3)nn2CC1(C)C(=O)NCc1ccc(F)cc1. The largest absolute Gasteiger partial charge is 0.350 e. The lowest BCUT2D eigenvalue weighted by atomic mass is 9.96. The lowest BCUT2D eigenvalue weighted by Crippen LogP contribution is -2.62. The molecule has 1 aliphatic rings. The van der Waals surface area contributed by atoms with Crippen molar-refractivity contribution in [2.75, 3.05) is 7.05 Å². The van der Waals surface area contributed by atoms with Crippen LogP contribution in [0.2, 0.25) is 0 Å². The Morgan fingerprint density at radius 1 is 1.09 bits per heavy atom. The fraction of sp³-hybridized carbons (Fsp3) is 0.250. The summed E-state index contributed by atoms with van der Waals surface area (Å²) in [6.45, 7) is 2.21. The van der Waals surface area contributed by atoms with Gasteiger partial charge in [-0.3, -0.25) is 19.1 Å². The molecule has 0 bridgehead atoms. The molecule has 8 nitrogen and oxygen atoms in total. The molecule has 0 saturated heterocycles. The molecule has 2 aromatic carbocycles. The van der Waals surface area contributed by atoms with Crippen molar-refractivity contribution < 1.29 is 18.8 Å². The van der Waals surface area contributed by atoms with Gasteiger partial charge in [0.2, 0.25) is 5.91 Å². The van der Waals surface area contributed by atoms with Crippen molar-refractivity contribution >= 4 is 33.7 Å². The van der Waals surface area contributed by atoms with Gasteiger partial charge >= 0.3 is 0 Å². The predicted octanol–water partition coefficient (Wildman–Crippen LogP) is 2.88. The summed E-state index contributed by atoms with van der Waals surface area (Å²) in [4.78, 5) is 40.1. The zero-order valence-electron chi connectivity index (χ0n) is 18.6. The van der Waals surface area contributed by atoms with Crippen LogP contribution in [-0.2, 0) is 24.4 Å². The summed E-state index contributed by atoms with van der Waals surface area (Å²) in [5.41, 5.74) is 0.752. The summed E-state index contributed by atoms with van der Waals surface area (Å²) in [5.74, 6) is -1.57. The summed E-state index contributed by atoms with van der Waals surface area (Å²) in [6, 6.07) is 14.8. The van der Waals surface area contributed by atoms with E-state index < -0.39 is 17.4 Å². The maximum Gasteiger partial charge on any atom is 0.272 e. The summed E-state index contributed by atoms with van der Waals surface area (Å²) < 4.78 is 15.4. The minimum atomic E-state index is -1.22. The maximum atomic E-state index is 13.1. The summed E-state index contributed by atoms with van der Waals surface area (Å²) in [7, 11) is 1.54. The Bertz CT molecular complexity index is 1260. The summed E-state index contributed by atoms with van der Waals surface area (Å²) in [6.07, 6.45) is 0. The van der Waals surface area contributed by atoms with Crippen molar-refractivity contribution in [3.63, 3.8) is 0 Å². The second-order valence-corrected chi connectivity index (χ2v) is 9.25. The molecule has 2 heterocycles. The first kappa shape index (κ1) is 23.6. The lowest BCUT2D eigenvalue weighted by molar-refractivity contribution is -0.132. The highest BCUT2D eigenvalue weighted by molar-refractivity contribution is 9.10. The van der Waals surface area contributed by atoms with Gasteiger partial charge in [0.05, 0.1) is 6.54 Å². The third-order valence-electron chi connectivity index (χ3n) is 5.93. The van der Waals surface area contributed by atoms with E-state index in [0.29, 0.717) is 6.54 Å². The number of amides is 3. The van der Waals surface area contributed by atoms with Crippen molar-refractivity contribution in [3.05, 3.63) is 87.4 Å². The predicted molar refractivity (Wildman–Crippen MR) is 126 cm³/mol. The van der Waals surface area contributed by atoms with Crippen molar-refractivity contribution in [3.8, 4) is 0 Å². The molecule has 1 aliphatic heterocycles. The smallest absolute Gasteiger partial charge is 0.272 e. The number of likely N-dealkylation sites (N-methyl/N-ethyl adjacent to an activating group) is 1. The molecular formula is C24H23BrFN5O3. The van der Waals surface area contributed by atoms with Gasteiger partial charge < -0.3 is 15.5 Å². The van der Waals surface area contributed by atoms with Crippen molar-refractivity contribution in [2.45, 2.75) is 32.1 Å². The molecule has 34 heavy (non-hydrogen) atoms. The van der Waals surface area contributed by atoms with E-state index in [1.165, 1.54) is 27.8 Å². The Kier molecular flexibility index (Phi) is 6.52. The third-order valence-corrected chi connectivity index (χ3v) is 6.43. The molecule has 4 rings (SSSR count). The van der Waals surface area contributed by atoms with Crippen molar-refractivity contribution in [1.82, 2.24) is 25.3 Å². The number of fused-ring (bicyclic) bond motifs is 1. The number of hydrogen-bond donors (Lipinski definition) is 2. The highest BCUT2D eigenvalue weighted by Gasteiger charge is 2.46. The molecule has 1 unspecified atom stereocenters. The Hall–Kier alpha value is -3.53. The molecule has 3 amide bonds. The van der Waals surface area contributed by atoms with Crippen molar-refractivity contribution in [2.24, 2.45) is 0 Å². The minimum Gasteiger partial charge on any atom is -0.350 e. The van der Waals surface area contributed by atoms with E-state index in [-0.39, 0.29) is 36.2 Å². The second-order valence-electron chi connectivity index (χ2n) is 8.33. The number of nitrogens with one attached hydrogen (secondary N) is 2. The number of carbonyl (C=O) groups is 3. The zero-order chi connectivity index (χ0) is 24.5. The molecule has 1 atom stereocenters. The summed E-state index contributed by atoms with van der Waals surface area (Å²) in [5, 5.41) is 9.90. The molecule has 0 radical (unpaired) electrons. The van der Waals surface area contributed by atoms with Gasteiger partial charge in [-0.15, -0.1) is 0 Å². The van der Waals surface area contributed by atoms with Crippen LogP contribution >= 0.6 is 15.9 Å². The average molecular weight is 528 g/mol. The van der Waals surface area contributed by atoms with Crippen LogP contribution in [0, 0.1) is 5.82 Å². The quantitative estimate of drug-likeness (QED) is 0.515. The standard InChI is InChI=1S/C24H23BrFN5O3/c1-24(23(34)28-12-15-6-8-18(26)9-7-15)14-31-20(22(33)30(24)2)11-19(29-31)21(32)27-13-16-4-3-5-17(25)10-16/h3-11H,12-14H2,1-2H3,(H,27,32)(H,28,34). The van der Waals surface area contributed by atoms with Gasteiger partial charge in [-0.2, -0.15) is 5.10 Å². The van der Waals surface area contributed by atoms with Crippen LogP contribution in [0.5, 0.6) is 0 Å². The Labute approximate surface area is 204 Å². The molecule has 176 valence electrons. The van der Waals surface area contributed by atoms with Crippen molar-refractivity contribution in [1.29, 1.82) is 0 Å². The van der Waals surface area contributed by atoms with Crippen LogP contribution in [0.25, 0.3) is 0 Å². The van der Waals surface area contributed by atoms with Crippen LogP contribution in [0.3, 0.4) is 0 Å². The van der Waals surface area contributed by atoms with Crippen LogP contribution < -0.4 is 10.6 Å². The first-order valence-corrected chi connectivity index (χ1v) is 11.4. The van der Waals surface area contributed by atoms with Gasteiger partial charge in [0.25, 0.3) is 11.8 Å². The van der Waals surface area contributed by atoms with Gasteiger partial charge in [-0.1, -0.05) is 40.2 Å². The number of aromatic nitrogens is 2. The topological polar surface area (TPSA) is 96.3 Å². The molecule has 10 heteroatoms. The molecule has 0 aliphatic carbocycles. The number of nitrogens with zero attached hydrogens (tertiary/aromatic N) is 3. The van der Waals surface area contributed by atoms with E-state index in [1.807, 2.05) is 24.3 Å². The maximum absolute atomic E-state index is 13.1. The normalized spacial score (nSPS) is 17.3. The lowest BCUT2D eigenvalue weighted by Gasteiger charge is -2.40. The third kappa shape index (κ3) is 4.72. The van der Waals surface area contributed by atoms with E-state index in [4.69, 9.17) is 0 Å². The van der Waals surface area contributed by atoms with E-state index in [0.717, 1.165) is 15.6 Å². The number of benzene rings is 2. The van der Waals surface area contributed by atoms with Crippen LogP contribution in [0.4, 0.5) is 4.39 Å². The number of carbonyl (C=O) groups excluding carboxylic acids is 3. The second kappa shape index (κ2) is 9.38. The fourth-order valence-electron chi connectivity index (χ4n) is 3.73. The molecule has 0 spiro atoms. The molecule has 2 N–H and O–H groups in total. The Morgan fingerprint density at radius 3 is 2.50 bits per heavy atom. The van der Waals surface area contributed by atoms with E-state index >= 15 is 0 Å². The minimum absolute atomic E-state index is 0.0821. The van der Waals surface area contributed by atoms with E-state index in [2.05, 4.69) is 31.7 Å². The molecule has 1 aromatic heterocycles. The first-order valence-electron chi connectivity index (χ1n) is 10.6. The molecule has 0 fully saturated rings. The Morgan fingerprint density at radius 2 is 1.79 bits per heavy atom. The highest BCUT2D eigenvalue weighted by Crippen LogP contribution is 2.26. The van der Waals surface area contributed by atoms with E-state index in [9.17, 15) is 18.8 Å². The van der Waals surface area contributed by atoms with Gasteiger partial charge in [0, 0.05) is 30.7 Å². The first-order chi connectivity index (χ1) is 16.2. The molecular weight excluding hydrogens is 505 g/mol. The number of rotatable bonds is 6. The number of halogens is 2. The van der Waals surface area contributed by atoms with Crippen LogP contribution in [-0.4, -0.2) is 45.0 Å². The molecule has 3 aromatic rings. The summed E-state index contributed by atoms with van der Waals surface area (Å²) >= 11 is 3.40. The zero-order valence-corrected chi connectivity index (χ0v) is 20.2. The van der Waals surface area contributed by atoms with Gasteiger partial charge in [-0.05, 0) is 42.3 Å². The molecule has 0 saturated carbocycles. The number of hydrogen-bond acceptors (Lipinski definition) is 4. The highest BCUT2D eigenvalue weighted by atomic mass is 79.9. The van der Waals surface area contributed by atoms with E-state index in [1.54, 1.807) is 26.1 Å². The fourth-order valence-corrected chi connectivity index (χ4v) is 4.18. The monoisotopic (exact) mass is 527 g/mol. The van der Waals surface area contributed by atoms with Gasteiger partial charge in [-0.25, -0.2) is 4.39 Å². The van der Waals surface area contributed by atoms with Gasteiger partial charge in [0.1, 0.15) is 17.1 Å². The average Bonchev–Trinajstić information content (AvgIpc) is 3.24. The Balaban J connectivity index is 1.46. The van der Waals surface area contributed by atoms with Crippen LogP contribution in [0.15, 0.2) is 59.1 Å². The van der Waals surface area contributed by atoms with Crippen LogP contribution in [0.1, 0.15) is 39.0 Å².